The van der Waals surface area contributed by atoms with E-state index in [0.29, 0.717) is 16.4 Å². The van der Waals surface area contributed by atoms with Gasteiger partial charge in [0.05, 0.1) is 17.4 Å². The van der Waals surface area contributed by atoms with Gasteiger partial charge in [-0.3, -0.25) is 9.69 Å². The number of benzene rings is 1. The third-order valence-corrected chi connectivity index (χ3v) is 3.45. The van der Waals surface area contributed by atoms with Crippen LogP contribution in [-0.2, 0) is 4.79 Å². The van der Waals surface area contributed by atoms with Crippen molar-refractivity contribution < 1.29 is 4.79 Å². The maximum absolute atomic E-state index is 12.2. The molecular weight excluding hydrogens is 276 g/mol. The van der Waals surface area contributed by atoms with Crippen LogP contribution in [0.1, 0.15) is 6.92 Å². The number of carbonyl (C=O) groups is 1. The third kappa shape index (κ3) is 5.00. The Morgan fingerprint density at radius 1 is 1.35 bits per heavy atom. The topological polar surface area (TPSA) is 61.6 Å². The van der Waals surface area contributed by atoms with Gasteiger partial charge in [-0.1, -0.05) is 11.6 Å². The summed E-state index contributed by atoms with van der Waals surface area (Å²) in [6, 6.07) is 4.78. The molecular formula is C14H23ClN4O. The summed E-state index contributed by atoms with van der Waals surface area (Å²) in [4.78, 5) is 16.3. The fraction of sp³-hybridized carbons (Fsp3) is 0.500. The van der Waals surface area contributed by atoms with Gasteiger partial charge in [-0.05, 0) is 46.3 Å². The van der Waals surface area contributed by atoms with Crippen molar-refractivity contribution in [2.75, 3.05) is 45.3 Å². The van der Waals surface area contributed by atoms with E-state index in [1.54, 1.807) is 18.2 Å². The summed E-state index contributed by atoms with van der Waals surface area (Å²) >= 11 is 5.90. The van der Waals surface area contributed by atoms with Crippen molar-refractivity contribution in [3.63, 3.8) is 0 Å². The average Bonchev–Trinajstić information content (AvgIpc) is 2.39. The Morgan fingerprint density at radius 2 is 2.00 bits per heavy atom. The minimum absolute atomic E-state index is 0.0970. The Labute approximate surface area is 125 Å². The van der Waals surface area contributed by atoms with Gasteiger partial charge in [0.15, 0.2) is 0 Å². The highest BCUT2D eigenvalue weighted by molar-refractivity contribution is 6.31. The van der Waals surface area contributed by atoms with Gasteiger partial charge in [0.2, 0.25) is 5.91 Å². The maximum Gasteiger partial charge on any atom is 0.241 e. The number of rotatable bonds is 6. The standard InChI is InChI=1S/C14H23ClN4O/c1-10(19(4)8-7-18(2)3)14(20)17-13-9-11(15)5-6-12(13)16/h5-6,9-10H,7-8,16H2,1-4H3,(H,17,20). The molecule has 1 aromatic carbocycles. The molecule has 0 aliphatic carbocycles. The molecule has 0 aliphatic rings. The molecule has 20 heavy (non-hydrogen) atoms. The van der Waals surface area contributed by atoms with Crippen molar-refractivity contribution in [3.05, 3.63) is 23.2 Å². The second kappa shape index (κ2) is 7.47. The molecule has 0 heterocycles. The summed E-state index contributed by atoms with van der Waals surface area (Å²) in [5.74, 6) is -0.0970. The molecule has 0 aromatic heterocycles. The Morgan fingerprint density at radius 3 is 2.60 bits per heavy atom. The quantitative estimate of drug-likeness (QED) is 0.786. The van der Waals surface area contributed by atoms with Crippen molar-refractivity contribution in [2.45, 2.75) is 13.0 Å². The number of nitrogen functional groups attached to an aromatic ring is 1. The summed E-state index contributed by atoms with van der Waals surface area (Å²) in [7, 11) is 5.94. The molecule has 3 N–H and O–H groups in total. The molecule has 0 bridgehead atoms. The zero-order valence-corrected chi connectivity index (χ0v) is 13.2. The molecule has 0 aliphatic heterocycles. The van der Waals surface area contributed by atoms with Gasteiger partial charge in [0.1, 0.15) is 0 Å². The Balaban J connectivity index is 2.63. The first-order valence-electron chi connectivity index (χ1n) is 6.52. The van der Waals surface area contributed by atoms with E-state index in [0.717, 1.165) is 13.1 Å². The largest absolute Gasteiger partial charge is 0.397 e. The van der Waals surface area contributed by atoms with Gasteiger partial charge in [0, 0.05) is 18.1 Å². The molecule has 0 saturated carbocycles. The van der Waals surface area contributed by atoms with Crippen LogP contribution in [0.4, 0.5) is 11.4 Å². The van der Waals surface area contributed by atoms with E-state index in [9.17, 15) is 4.79 Å². The Hall–Kier alpha value is -1.30. The van der Waals surface area contributed by atoms with Crippen LogP contribution in [0.3, 0.4) is 0 Å². The average molecular weight is 299 g/mol. The van der Waals surface area contributed by atoms with Gasteiger partial charge < -0.3 is 16.0 Å². The molecule has 5 nitrogen and oxygen atoms in total. The summed E-state index contributed by atoms with van der Waals surface area (Å²) in [5, 5.41) is 3.36. The lowest BCUT2D eigenvalue weighted by atomic mass is 10.2. The highest BCUT2D eigenvalue weighted by atomic mass is 35.5. The summed E-state index contributed by atoms with van der Waals surface area (Å²) in [6.45, 7) is 3.58. The molecule has 1 atom stereocenters. The van der Waals surface area contributed by atoms with Gasteiger partial charge in [-0.25, -0.2) is 0 Å². The molecule has 112 valence electrons. The Bertz CT molecular complexity index is 464. The number of likely N-dealkylation sites (N-methyl/N-ethyl adjacent to an activating group) is 2. The highest BCUT2D eigenvalue weighted by Crippen LogP contribution is 2.23. The van der Waals surface area contributed by atoms with Crippen LogP contribution in [0.15, 0.2) is 18.2 Å². The fourth-order valence-electron chi connectivity index (χ4n) is 1.63. The van der Waals surface area contributed by atoms with Crippen molar-refractivity contribution in [3.8, 4) is 0 Å². The van der Waals surface area contributed by atoms with Gasteiger partial charge in [-0.2, -0.15) is 0 Å². The van der Waals surface area contributed by atoms with E-state index < -0.39 is 0 Å². The molecule has 0 spiro atoms. The molecule has 1 aromatic rings. The summed E-state index contributed by atoms with van der Waals surface area (Å²) in [6.07, 6.45) is 0. The first kappa shape index (κ1) is 16.8. The Kier molecular flexibility index (Phi) is 6.26. The molecule has 6 heteroatoms. The van der Waals surface area contributed by atoms with Crippen molar-refractivity contribution in [2.24, 2.45) is 0 Å². The molecule has 0 radical (unpaired) electrons. The SMILES string of the molecule is CC(C(=O)Nc1cc(Cl)ccc1N)N(C)CCN(C)C. The minimum Gasteiger partial charge on any atom is -0.397 e. The van der Waals surface area contributed by atoms with Gasteiger partial charge >= 0.3 is 0 Å². The van der Waals surface area contributed by atoms with Crippen molar-refractivity contribution in [1.29, 1.82) is 0 Å². The number of nitrogens with one attached hydrogen (secondary N) is 1. The fourth-order valence-corrected chi connectivity index (χ4v) is 1.80. The van der Waals surface area contributed by atoms with Gasteiger partial charge in [-0.15, -0.1) is 0 Å². The minimum atomic E-state index is -0.242. The second-order valence-electron chi connectivity index (χ2n) is 5.18. The van der Waals surface area contributed by atoms with E-state index in [1.807, 2.05) is 33.0 Å². The number of anilines is 2. The number of hydrogen-bond acceptors (Lipinski definition) is 4. The van der Waals surface area contributed by atoms with Crippen molar-refractivity contribution in [1.82, 2.24) is 9.80 Å². The van der Waals surface area contributed by atoms with Crippen LogP contribution < -0.4 is 11.1 Å². The van der Waals surface area contributed by atoms with Crippen LogP contribution in [0.5, 0.6) is 0 Å². The highest BCUT2D eigenvalue weighted by Gasteiger charge is 2.18. The predicted octanol–water partition coefficient (Wildman–Crippen LogP) is 1.74. The van der Waals surface area contributed by atoms with E-state index in [1.165, 1.54) is 0 Å². The molecule has 0 saturated heterocycles. The number of halogens is 1. The molecule has 1 rings (SSSR count). The number of nitrogens with zero attached hydrogens (tertiary/aromatic N) is 2. The van der Waals surface area contributed by atoms with Crippen LogP contribution in [0.2, 0.25) is 5.02 Å². The van der Waals surface area contributed by atoms with Crippen LogP contribution >= 0.6 is 11.6 Å². The smallest absolute Gasteiger partial charge is 0.241 e. The number of amides is 1. The summed E-state index contributed by atoms with van der Waals surface area (Å²) < 4.78 is 0. The van der Waals surface area contributed by atoms with E-state index in [2.05, 4.69) is 10.2 Å². The number of carbonyl (C=O) groups excluding carboxylic acids is 1. The lowest BCUT2D eigenvalue weighted by Crippen LogP contribution is -2.42. The van der Waals surface area contributed by atoms with Crippen molar-refractivity contribution >= 4 is 28.9 Å². The third-order valence-electron chi connectivity index (χ3n) is 3.21. The molecule has 1 amide bonds. The zero-order valence-electron chi connectivity index (χ0n) is 12.5. The lowest BCUT2D eigenvalue weighted by Gasteiger charge is -2.25. The number of hydrogen-bond donors (Lipinski definition) is 2. The molecule has 1 unspecified atom stereocenters. The second-order valence-corrected chi connectivity index (χ2v) is 5.62. The first-order chi connectivity index (χ1) is 9.31. The monoisotopic (exact) mass is 298 g/mol. The zero-order chi connectivity index (χ0) is 15.3. The first-order valence-corrected chi connectivity index (χ1v) is 6.90. The van der Waals surface area contributed by atoms with Crippen LogP contribution in [0.25, 0.3) is 0 Å². The predicted molar refractivity (Wildman–Crippen MR) is 85.1 cm³/mol. The lowest BCUT2D eigenvalue weighted by molar-refractivity contribution is -0.120. The van der Waals surface area contributed by atoms with Gasteiger partial charge in [0.25, 0.3) is 0 Å². The molecule has 0 fully saturated rings. The van der Waals surface area contributed by atoms with Crippen LogP contribution in [-0.4, -0.2) is 56.0 Å². The van der Waals surface area contributed by atoms with E-state index >= 15 is 0 Å². The maximum atomic E-state index is 12.2. The van der Waals surface area contributed by atoms with E-state index in [-0.39, 0.29) is 11.9 Å². The normalized spacial score (nSPS) is 12.8. The summed E-state index contributed by atoms with van der Waals surface area (Å²) in [5.41, 5.74) is 6.88. The van der Waals surface area contributed by atoms with E-state index in [4.69, 9.17) is 17.3 Å². The number of nitrogens with two attached hydrogens (primary N) is 1. The van der Waals surface area contributed by atoms with Crippen LogP contribution in [0, 0.1) is 0 Å².